The van der Waals surface area contributed by atoms with Crippen LogP contribution in [-0.2, 0) is 21.0 Å². The van der Waals surface area contributed by atoms with Crippen molar-refractivity contribution < 1.29 is 24.2 Å². The van der Waals surface area contributed by atoms with Gasteiger partial charge < -0.3 is 24.3 Å². The van der Waals surface area contributed by atoms with Crippen LogP contribution in [0.3, 0.4) is 0 Å². The number of rotatable bonds is 8. The molecular formula is C25H28N2O5. The molecule has 0 bridgehead atoms. The Morgan fingerprint density at radius 1 is 1.00 bits per heavy atom. The van der Waals surface area contributed by atoms with Gasteiger partial charge in [0.25, 0.3) is 0 Å². The number of hydrogen-bond donors (Lipinski definition) is 1. The Morgan fingerprint density at radius 3 is 2.19 bits per heavy atom. The number of anilines is 1. The maximum Gasteiger partial charge on any atom is 0.305 e. The average molecular weight is 437 g/mol. The van der Waals surface area contributed by atoms with Gasteiger partial charge in [0.2, 0.25) is 0 Å². The molecule has 3 rings (SSSR count). The number of aromatic nitrogens is 1. The Balaban J connectivity index is 0.00000121. The number of carboxylic acids is 1. The van der Waals surface area contributed by atoms with Crippen LogP contribution in [0.2, 0.25) is 0 Å². The van der Waals surface area contributed by atoms with Gasteiger partial charge in [-0.3, -0.25) is 9.78 Å². The summed E-state index contributed by atoms with van der Waals surface area (Å²) in [7, 11) is 1.92. The first kappa shape index (κ1) is 26.0. The highest BCUT2D eigenvalue weighted by atomic mass is 16.5. The zero-order chi connectivity index (χ0) is 23.9. The maximum atomic E-state index is 11.5. The van der Waals surface area contributed by atoms with E-state index in [2.05, 4.69) is 4.98 Å². The molecule has 0 saturated heterocycles. The first-order valence-electron chi connectivity index (χ1n) is 9.75. The van der Waals surface area contributed by atoms with Gasteiger partial charge in [-0.2, -0.15) is 0 Å². The van der Waals surface area contributed by atoms with Crippen molar-refractivity contribution >= 4 is 25.2 Å². The fraction of sp³-hybridized carbons (Fsp3) is 0.200. The monoisotopic (exact) mass is 436 g/mol. The summed E-state index contributed by atoms with van der Waals surface area (Å²) in [6.07, 6.45) is 1.77. The number of hydrogen-bond acceptors (Lipinski definition) is 6. The summed E-state index contributed by atoms with van der Waals surface area (Å²) in [5.74, 6) is -0.0797. The number of pyridine rings is 1. The van der Waals surface area contributed by atoms with Gasteiger partial charge in [0.1, 0.15) is 25.9 Å². The van der Waals surface area contributed by atoms with E-state index in [0.29, 0.717) is 6.61 Å². The Labute approximate surface area is 188 Å². The first-order valence-corrected chi connectivity index (χ1v) is 9.75. The van der Waals surface area contributed by atoms with E-state index in [1.54, 1.807) is 6.20 Å². The Morgan fingerprint density at radius 2 is 1.62 bits per heavy atom. The predicted octanol–water partition coefficient (Wildman–Crippen LogP) is 4.25. The molecule has 2 aromatic carbocycles. The molecule has 0 spiro atoms. The topological polar surface area (TPSA) is 96.8 Å². The molecule has 1 heterocycles. The first-order chi connectivity index (χ1) is 15.5. The zero-order valence-corrected chi connectivity index (χ0v) is 18.3. The summed E-state index contributed by atoms with van der Waals surface area (Å²) < 4.78 is 5.78. The van der Waals surface area contributed by atoms with Gasteiger partial charge in [0.05, 0.1) is 18.2 Å². The second kappa shape index (κ2) is 14.1. The lowest BCUT2D eigenvalue weighted by Gasteiger charge is -2.30. The Bertz CT molecular complexity index is 946. The molecule has 32 heavy (non-hydrogen) atoms. The van der Waals surface area contributed by atoms with E-state index in [1.807, 2.05) is 99.2 Å². The standard InChI is InChI=1S/C23H24N2O3.2CH2O/c1-17-7-3-4-9-21(17)22(15-23(26)27)25(2)19-10-12-20(13-11-19)28-16-18-8-5-6-14-24-18;2*1-2/h3-14,22H,15-16H2,1-2H3,(H,26,27);2*1H2. The summed E-state index contributed by atoms with van der Waals surface area (Å²) in [5.41, 5.74) is 3.89. The van der Waals surface area contributed by atoms with Gasteiger partial charge in [-0.1, -0.05) is 30.3 Å². The summed E-state index contributed by atoms with van der Waals surface area (Å²) >= 11 is 0. The Hall–Kier alpha value is -4.00. The molecule has 0 saturated carbocycles. The van der Waals surface area contributed by atoms with E-state index in [0.717, 1.165) is 28.3 Å². The van der Waals surface area contributed by atoms with Crippen molar-refractivity contribution in [2.75, 3.05) is 11.9 Å². The van der Waals surface area contributed by atoms with Crippen molar-refractivity contribution in [2.45, 2.75) is 26.0 Å². The van der Waals surface area contributed by atoms with E-state index < -0.39 is 5.97 Å². The number of benzene rings is 2. The van der Waals surface area contributed by atoms with Gasteiger partial charge in [-0.25, -0.2) is 0 Å². The highest BCUT2D eigenvalue weighted by molar-refractivity contribution is 5.69. The molecule has 0 aliphatic heterocycles. The lowest BCUT2D eigenvalue weighted by Crippen LogP contribution is -2.27. The van der Waals surface area contributed by atoms with Crippen molar-refractivity contribution in [3.63, 3.8) is 0 Å². The molecular weight excluding hydrogens is 408 g/mol. The predicted molar refractivity (Wildman–Crippen MR) is 124 cm³/mol. The molecule has 1 unspecified atom stereocenters. The largest absolute Gasteiger partial charge is 0.487 e. The van der Waals surface area contributed by atoms with Gasteiger partial charge in [0, 0.05) is 18.9 Å². The molecule has 1 aromatic heterocycles. The van der Waals surface area contributed by atoms with E-state index >= 15 is 0 Å². The third kappa shape index (κ3) is 7.68. The molecule has 7 heteroatoms. The van der Waals surface area contributed by atoms with Gasteiger partial charge in [0.15, 0.2) is 0 Å². The maximum absolute atomic E-state index is 11.5. The lowest BCUT2D eigenvalue weighted by atomic mass is 9.97. The minimum Gasteiger partial charge on any atom is -0.487 e. The molecule has 7 nitrogen and oxygen atoms in total. The van der Waals surface area contributed by atoms with Gasteiger partial charge in [-0.15, -0.1) is 0 Å². The van der Waals surface area contributed by atoms with E-state index in [9.17, 15) is 9.90 Å². The second-order valence-corrected chi connectivity index (χ2v) is 6.68. The number of carbonyl (C=O) groups is 3. The molecule has 1 N–H and O–H groups in total. The summed E-state index contributed by atoms with van der Waals surface area (Å²) in [6, 6.07) is 21.0. The van der Waals surface area contributed by atoms with E-state index in [-0.39, 0.29) is 12.5 Å². The van der Waals surface area contributed by atoms with Crippen molar-refractivity contribution in [2.24, 2.45) is 0 Å². The number of ether oxygens (including phenoxy) is 1. The van der Waals surface area contributed by atoms with Crippen molar-refractivity contribution in [1.29, 1.82) is 0 Å². The fourth-order valence-corrected chi connectivity index (χ4v) is 3.18. The highest BCUT2D eigenvalue weighted by Crippen LogP contribution is 2.31. The summed E-state index contributed by atoms with van der Waals surface area (Å²) in [6.45, 7) is 6.41. The van der Waals surface area contributed by atoms with E-state index in [1.165, 1.54) is 0 Å². The average Bonchev–Trinajstić information content (AvgIpc) is 2.85. The van der Waals surface area contributed by atoms with Crippen LogP contribution in [0, 0.1) is 6.92 Å². The number of aryl methyl sites for hydroxylation is 1. The fourth-order valence-electron chi connectivity index (χ4n) is 3.18. The van der Waals surface area contributed by atoms with E-state index in [4.69, 9.17) is 14.3 Å². The molecule has 0 aliphatic rings. The minimum absolute atomic E-state index is 0.0271. The summed E-state index contributed by atoms with van der Waals surface area (Å²) in [4.78, 5) is 33.7. The van der Waals surface area contributed by atoms with Crippen molar-refractivity contribution in [3.8, 4) is 5.75 Å². The molecule has 0 fully saturated rings. The normalized spacial score (nSPS) is 10.4. The second-order valence-electron chi connectivity index (χ2n) is 6.68. The van der Waals surface area contributed by atoms with Gasteiger partial charge in [-0.05, 0) is 54.4 Å². The lowest BCUT2D eigenvalue weighted by molar-refractivity contribution is -0.137. The van der Waals surface area contributed by atoms with Crippen LogP contribution in [0.1, 0.15) is 29.3 Å². The zero-order valence-electron chi connectivity index (χ0n) is 18.3. The van der Waals surface area contributed by atoms with Crippen LogP contribution in [-0.4, -0.2) is 36.7 Å². The number of aliphatic carboxylic acids is 1. The third-order valence-corrected chi connectivity index (χ3v) is 4.74. The van der Waals surface area contributed by atoms with Gasteiger partial charge >= 0.3 is 5.97 Å². The van der Waals surface area contributed by atoms with Crippen LogP contribution >= 0.6 is 0 Å². The Kier molecular flexibility index (Phi) is 11.5. The quantitative estimate of drug-likeness (QED) is 0.564. The summed E-state index contributed by atoms with van der Waals surface area (Å²) in [5, 5.41) is 9.40. The van der Waals surface area contributed by atoms with Crippen molar-refractivity contribution in [1.82, 2.24) is 4.98 Å². The molecule has 1 atom stereocenters. The molecule has 3 aromatic rings. The van der Waals surface area contributed by atoms with Crippen LogP contribution < -0.4 is 9.64 Å². The number of nitrogens with zero attached hydrogens (tertiary/aromatic N) is 2. The van der Waals surface area contributed by atoms with Crippen LogP contribution in [0.4, 0.5) is 5.69 Å². The van der Waals surface area contributed by atoms with Crippen LogP contribution in [0.25, 0.3) is 0 Å². The molecule has 0 aliphatic carbocycles. The molecule has 168 valence electrons. The SMILES string of the molecule is C=O.C=O.Cc1ccccc1C(CC(=O)O)N(C)c1ccc(OCc2ccccn2)cc1. The number of carbonyl (C=O) groups excluding carboxylic acids is 2. The smallest absolute Gasteiger partial charge is 0.305 e. The third-order valence-electron chi connectivity index (χ3n) is 4.74. The molecule has 0 radical (unpaired) electrons. The van der Waals surface area contributed by atoms with Crippen LogP contribution in [0.5, 0.6) is 5.75 Å². The van der Waals surface area contributed by atoms with Crippen molar-refractivity contribution in [3.05, 3.63) is 89.7 Å². The number of carboxylic acid groups (broad SMARTS) is 1. The highest BCUT2D eigenvalue weighted by Gasteiger charge is 2.22. The minimum atomic E-state index is -0.824. The molecule has 0 amide bonds. The van der Waals surface area contributed by atoms with Crippen LogP contribution in [0.15, 0.2) is 72.9 Å².